The van der Waals surface area contributed by atoms with Gasteiger partial charge in [0, 0.05) is 18.7 Å². The van der Waals surface area contributed by atoms with Crippen LogP contribution in [-0.4, -0.2) is 51.4 Å². The standard InChI is InChI=1S/C18H17Cl2NO5S/c19-16-6-1-13(11-17(16)20)18(22)12-26-14-2-4-15(5-3-14)27(23,24)21-7-9-25-10-8-21/h1-6,11H,7-10,12H2. The number of morpholine rings is 1. The molecule has 1 fully saturated rings. The zero-order chi connectivity index (χ0) is 19.4. The molecule has 0 amide bonds. The molecule has 9 heteroatoms. The van der Waals surface area contributed by atoms with Crippen LogP contribution < -0.4 is 4.74 Å². The van der Waals surface area contributed by atoms with E-state index in [9.17, 15) is 13.2 Å². The van der Waals surface area contributed by atoms with Gasteiger partial charge >= 0.3 is 0 Å². The molecular weight excluding hydrogens is 413 g/mol. The molecule has 1 saturated heterocycles. The van der Waals surface area contributed by atoms with Gasteiger partial charge in [0.2, 0.25) is 10.0 Å². The molecule has 1 heterocycles. The number of carbonyl (C=O) groups is 1. The predicted molar refractivity (Wildman–Crippen MR) is 102 cm³/mol. The Bertz CT molecular complexity index is 925. The first-order chi connectivity index (χ1) is 12.9. The quantitative estimate of drug-likeness (QED) is 0.658. The maximum atomic E-state index is 12.6. The fourth-order valence-corrected chi connectivity index (χ4v) is 4.25. The molecule has 0 spiro atoms. The van der Waals surface area contributed by atoms with Gasteiger partial charge in [-0.2, -0.15) is 4.31 Å². The number of halogens is 2. The fourth-order valence-electron chi connectivity index (χ4n) is 2.55. The summed E-state index contributed by atoms with van der Waals surface area (Å²) in [6, 6.07) is 10.6. The van der Waals surface area contributed by atoms with E-state index in [1.807, 2.05) is 0 Å². The van der Waals surface area contributed by atoms with Crippen molar-refractivity contribution < 1.29 is 22.7 Å². The number of hydrogen-bond acceptors (Lipinski definition) is 5. The molecule has 3 rings (SSSR count). The van der Waals surface area contributed by atoms with Crippen LogP contribution in [0.3, 0.4) is 0 Å². The summed E-state index contributed by atoms with van der Waals surface area (Å²) in [7, 11) is -3.56. The summed E-state index contributed by atoms with van der Waals surface area (Å²) < 4.78 is 37.1. The van der Waals surface area contributed by atoms with E-state index in [1.165, 1.54) is 34.6 Å². The number of ketones is 1. The van der Waals surface area contributed by atoms with Gasteiger partial charge in [0.1, 0.15) is 5.75 Å². The number of ether oxygens (including phenoxy) is 2. The second-order valence-electron chi connectivity index (χ2n) is 5.83. The maximum Gasteiger partial charge on any atom is 0.243 e. The Kier molecular flexibility index (Phi) is 6.39. The summed E-state index contributed by atoms with van der Waals surface area (Å²) in [6.45, 7) is 1.24. The molecule has 1 aliphatic rings. The van der Waals surface area contributed by atoms with Gasteiger partial charge in [0.15, 0.2) is 12.4 Å². The molecule has 2 aromatic carbocycles. The Labute approximate surface area is 167 Å². The second-order valence-corrected chi connectivity index (χ2v) is 8.58. The van der Waals surface area contributed by atoms with E-state index in [2.05, 4.69) is 0 Å². The highest BCUT2D eigenvalue weighted by Gasteiger charge is 2.26. The van der Waals surface area contributed by atoms with Crippen LogP contribution in [0.2, 0.25) is 10.0 Å². The summed E-state index contributed by atoms with van der Waals surface area (Å²) in [5.41, 5.74) is 0.385. The van der Waals surface area contributed by atoms with E-state index in [0.717, 1.165) is 0 Å². The van der Waals surface area contributed by atoms with Crippen LogP contribution in [0.5, 0.6) is 5.75 Å². The second kappa shape index (κ2) is 8.58. The third kappa shape index (κ3) is 4.80. The Morgan fingerprint density at radius 2 is 1.70 bits per heavy atom. The van der Waals surface area contributed by atoms with Crippen LogP contribution in [0.25, 0.3) is 0 Å². The number of nitrogens with zero attached hydrogens (tertiary/aromatic N) is 1. The topological polar surface area (TPSA) is 72.9 Å². The summed E-state index contributed by atoms with van der Waals surface area (Å²) in [6.07, 6.45) is 0. The molecule has 2 aromatic rings. The molecule has 1 aliphatic heterocycles. The first kappa shape index (κ1) is 20.1. The van der Waals surface area contributed by atoms with Gasteiger partial charge in [-0.3, -0.25) is 4.79 Å². The van der Waals surface area contributed by atoms with Crippen molar-refractivity contribution in [3.05, 3.63) is 58.1 Å². The van der Waals surface area contributed by atoms with Gasteiger partial charge in [0.25, 0.3) is 0 Å². The third-order valence-corrected chi connectivity index (χ3v) is 6.69. The van der Waals surface area contributed by atoms with Crippen molar-refractivity contribution >= 4 is 39.0 Å². The van der Waals surface area contributed by atoms with E-state index in [-0.39, 0.29) is 17.3 Å². The van der Waals surface area contributed by atoms with Gasteiger partial charge in [-0.25, -0.2) is 8.42 Å². The average molecular weight is 430 g/mol. The van der Waals surface area contributed by atoms with Crippen molar-refractivity contribution in [3.8, 4) is 5.75 Å². The molecule has 0 aromatic heterocycles. The van der Waals surface area contributed by atoms with Gasteiger partial charge in [-0.1, -0.05) is 23.2 Å². The molecule has 0 atom stereocenters. The number of carbonyl (C=O) groups excluding carboxylic acids is 1. The minimum Gasteiger partial charge on any atom is -0.485 e. The lowest BCUT2D eigenvalue weighted by molar-refractivity contribution is 0.0730. The smallest absolute Gasteiger partial charge is 0.243 e. The van der Waals surface area contributed by atoms with Crippen molar-refractivity contribution in [1.29, 1.82) is 0 Å². The van der Waals surface area contributed by atoms with Crippen molar-refractivity contribution in [2.75, 3.05) is 32.9 Å². The normalized spacial score (nSPS) is 15.5. The third-order valence-electron chi connectivity index (χ3n) is 4.04. The van der Waals surface area contributed by atoms with Crippen LogP contribution in [0.4, 0.5) is 0 Å². The van der Waals surface area contributed by atoms with Crippen molar-refractivity contribution in [1.82, 2.24) is 4.31 Å². The zero-order valence-electron chi connectivity index (χ0n) is 14.2. The van der Waals surface area contributed by atoms with Gasteiger partial charge in [-0.05, 0) is 42.5 Å². The van der Waals surface area contributed by atoms with Gasteiger partial charge in [0.05, 0.1) is 28.2 Å². The van der Waals surface area contributed by atoms with E-state index in [0.29, 0.717) is 47.7 Å². The van der Waals surface area contributed by atoms with Crippen molar-refractivity contribution in [3.63, 3.8) is 0 Å². The minimum atomic E-state index is -3.56. The predicted octanol–water partition coefficient (Wildman–Crippen LogP) is 3.28. The van der Waals surface area contributed by atoms with Crippen LogP contribution in [0, 0.1) is 0 Å². The number of benzene rings is 2. The molecule has 27 heavy (non-hydrogen) atoms. The molecule has 0 unspecified atom stereocenters. The van der Waals surface area contributed by atoms with Crippen LogP contribution in [-0.2, 0) is 14.8 Å². The minimum absolute atomic E-state index is 0.174. The van der Waals surface area contributed by atoms with Gasteiger partial charge in [-0.15, -0.1) is 0 Å². The highest BCUT2D eigenvalue weighted by molar-refractivity contribution is 7.89. The first-order valence-corrected chi connectivity index (χ1v) is 10.4. The Balaban J connectivity index is 1.63. The van der Waals surface area contributed by atoms with Crippen LogP contribution in [0.15, 0.2) is 47.4 Å². The van der Waals surface area contributed by atoms with Crippen LogP contribution >= 0.6 is 23.2 Å². The fraction of sp³-hybridized carbons (Fsp3) is 0.278. The molecule has 6 nitrogen and oxygen atoms in total. The highest BCUT2D eigenvalue weighted by Crippen LogP contribution is 2.23. The Hall–Kier alpha value is -1.64. The molecular formula is C18H17Cl2NO5S. The number of sulfonamides is 1. The average Bonchev–Trinajstić information content (AvgIpc) is 2.69. The summed E-state index contributed by atoms with van der Waals surface area (Å²) in [5.74, 6) is 0.128. The zero-order valence-corrected chi connectivity index (χ0v) is 16.6. The SMILES string of the molecule is O=C(COc1ccc(S(=O)(=O)N2CCOCC2)cc1)c1ccc(Cl)c(Cl)c1. The maximum absolute atomic E-state index is 12.6. The lowest BCUT2D eigenvalue weighted by Crippen LogP contribution is -2.40. The van der Waals surface area contributed by atoms with E-state index < -0.39 is 10.0 Å². The molecule has 144 valence electrons. The van der Waals surface area contributed by atoms with Gasteiger partial charge < -0.3 is 9.47 Å². The Morgan fingerprint density at radius 1 is 1.04 bits per heavy atom. The van der Waals surface area contributed by atoms with Crippen LogP contribution in [0.1, 0.15) is 10.4 Å². The summed E-state index contributed by atoms with van der Waals surface area (Å²) in [5, 5.41) is 0.659. The lowest BCUT2D eigenvalue weighted by Gasteiger charge is -2.26. The van der Waals surface area contributed by atoms with E-state index >= 15 is 0 Å². The largest absolute Gasteiger partial charge is 0.485 e. The van der Waals surface area contributed by atoms with Crippen molar-refractivity contribution in [2.24, 2.45) is 0 Å². The first-order valence-electron chi connectivity index (χ1n) is 8.17. The molecule has 0 N–H and O–H groups in total. The Morgan fingerprint density at radius 3 is 2.33 bits per heavy atom. The highest BCUT2D eigenvalue weighted by atomic mass is 35.5. The van der Waals surface area contributed by atoms with E-state index in [4.69, 9.17) is 32.7 Å². The monoisotopic (exact) mass is 429 g/mol. The lowest BCUT2D eigenvalue weighted by atomic mass is 10.1. The molecule has 0 bridgehead atoms. The van der Waals surface area contributed by atoms with Crippen molar-refractivity contribution in [2.45, 2.75) is 4.90 Å². The summed E-state index contributed by atoms with van der Waals surface area (Å²) in [4.78, 5) is 12.3. The number of rotatable bonds is 6. The molecule has 0 radical (unpaired) electrons. The molecule has 0 aliphatic carbocycles. The number of hydrogen-bond donors (Lipinski definition) is 0. The summed E-state index contributed by atoms with van der Waals surface area (Å²) >= 11 is 11.7. The number of Topliss-reactive ketones (excluding diaryl/α,β-unsaturated/α-hetero) is 1. The van der Waals surface area contributed by atoms with E-state index in [1.54, 1.807) is 12.1 Å². The molecule has 0 saturated carbocycles.